The van der Waals surface area contributed by atoms with E-state index in [0.29, 0.717) is 18.0 Å². The van der Waals surface area contributed by atoms with Gasteiger partial charge < -0.3 is 10.5 Å². The molecular weight excluding hydrogens is 276 g/mol. The van der Waals surface area contributed by atoms with E-state index in [1.54, 1.807) is 6.07 Å². The van der Waals surface area contributed by atoms with Gasteiger partial charge >= 0.3 is 0 Å². The van der Waals surface area contributed by atoms with E-state index in [4.69, 9.17) is 10.5 Å². The van der Waals surface area contributed by atoms with Crippen molar-refractivity contribution in [3.63, 3.8) is 0 Å². The van der Waals surface area contributed by atoms with Crippen LogP contribution < -0.4 is 15.2 Å². The Balaban J connectivity index is 2.53. The molecule has 0 aliphatic heterocycles. The number of nitrogens with one attached hydrogen (secondary N) is 1. The molecule has 0 atom stereocenters. The van der Waals surface area contributed by atoms with E-state index in [1.807, 2.05) is 0 Å². The molecule has 0 saturated carbocycles. The minimum atomic E-state index is -3.46. The molecule has 5 nitrogen and oxygen atoms in total. The third kappa shape index (κ3) is 5.02. The standard InChI is InChI=1S/C14H24N2O3S/c1-3-4-5-6-7-10-19-14-9-8-12(11-13(14)15)20(17,18)16-2/h8-9,11,16H,3-7,10,15H2,1-2H3. The molecule has 0 unspecified atom stereocenters. The predicted octanol–water partition coefficient (Wildman–Crippen LogP) is 2.53. The summed E-state index contributed by atoms with van der Waals surface area (Å²) < 4.78 is 31.1. The molecule has 0 fully saturated rings. The van der Waals surface area contributed by atoms with Crippen molar-refractivity contribution in [2.45, 2.75) is 43.9 Å². The second-order valence-corrected chi connectivity index (χ2v) is 6.56. The van der Waals surface area contributed by atoms with Crippen LogP contribution in [-0.2, 0) is 10.0 Å². The van der Waals surface area contributed by atoms with E-state index in [1.165, 1.54) is 38.4 Å². The minimum Gasteiger partial charge on any atom is -0.491 e. The van der Waals surface area contributed by atoms with Crippen LogP contribution in [0.4, 0.5) is 5.69 Å². The predicted molar refractivity (Wildman–Crippen MR) is 81.4 cm³/mol. The number of hydrogen-bond acceptors (Lipinski definition) is 4. The van der Waals surface area contributed by atoms with Crippen LogP contribution in [0.25, 0.3) is 0 Å². The molecule has 20 heavy (non-hydrogen) atoms. The highest BCUT2D eigenvalue weighted by Gasteiger charge is 2.13. The fourth-order valence-electron chi connectivity index (χ4n) is 1.83. The number of anilines is 1. The maximum atomic E-state index is 11.6. The number of sulfonamides is 1. The van der Waals surface area contributed by atoms with Crippen LogP contribution in [0.2, 0.25) is 0 Å². The second-order valence-electron chi connectivity index (χ2n) is 4.67. The maximum absolute atomic E-state index is 11.6. The Morgan fingerprint density at radius 1 is 1.20 bits per heavy atom. The first-order chi connectivity index (χ1) is 9.51. The molecule has 0 radical (unpaired) electrons. The van der Waals surface area contributed by atoms with Gasteiger partial charge in [-0.2, -0.15) is 0 Å². The lowest BCUT2D eigenvalue weighted by molar-refractivity contribution is 0.306. The molecule has 0 saturated heterocycles. The summed E-state index contributed by atoms with van der Waals surface area (Å²) in [5.74, 6) is 0.538. The van der Waals surface area contributed by atoms with Crippen molar-refractivity contribution in [1.82, 2.24) is 4.72 Å². The molecule has 1 aromatic carbocycles. The number of rotatable bonds is 9. The highest BCUT2D eigenvalue weighted by atomic mass is 32.2. The van der Waals surface area contributed by atoms with Crippen molar-refractivity contribution in [2.75, 3.05) is 19.4 Å². The summed E-state index contributed by atoms with van der Waals surface area (Å²) in [5.41, 5.74) is 6.16. The van der Waals surface area contributed by atoms with Crippen molar-refractivity contribution in [3.8, 4) is 5.75 Å². The van der Waals surface area contributed by atoms with Crippen LogP contribution in [0, 0.1) is 0 Å². The van der Waals surface area contributed by atoms with Crippen molar-refractivity contribution in [1.29, 1.82) is 0 Å². The van der Waals surface area contributed by atoms with Crippen LogP contribution in [0.5, 0.6) is 5.75 Å². The van der Waals surface area contributed by atoms with E-state index in [-0.39, 0.29) is 4.90 Å². The molecular formula is C14H24N2O3S. The Kier molecular flexibility index (Phi) is 6.81. The Bertz CT molecular complexity index is 515. The largest absolute Gasteiger partial charge is 0.491 e. The normalized spacial score (nSPS) is 11.5. The summed E-state index contributed by atoms with van der Waals surface area (Å²) in [7, 11) is -2.09. The molecule has 0 aliphatic carbocycles. The van der Waals surface area contributed by atoms with E-state index in [0.717, 1.165) is 12.8 Å². The van der Waals surface area contributed by atoms with Crippen LogP contribution in [0.1, 0.15) is 39.0 Å². The average molecular weight is 300 g/mol. The van der Waals surface area contributed by atoms with Crippen molar-refractivity contribution in [2.24, 2.45) is 0 Å². The third-order valence-corrected chi connectivity index (χ3v) is 4.48. The molecule has 0 aromatic heterocycles. The van der Waals surface area contributed by atoms with Crippen LogP contribution in [0.15, 0.2) is 23.1 Å². The summed E-state index contributed by atoms with van der Waals surface area (Å²) in [4.78, 5) is 0.146. The lowest BCUT2D eigenvalue weighted by Crippen LogP contribution is -2.18. The van der Waals surface area contributed by atoms with Gasteiger partial charge in [-0.3, -0.25) is 0 Å². The van der Waals surface area contributed by atoms with E-state index < -0.39 is 10.0 Å². The average Bonchev–Trinajstić information content (AvgIpc) is 2.44. The van der Waals surface area contributed by atoms with Gasteiger partial charge in [0.15, 0.2) is 0 Å². The molecule has 1 rings (SSSR count). The SMILES string of the molecule is CCCCCCCOc1ccc(S(=O)(=O)NC)cc1N. The molecule has 0 amide bonds. The van der Waals surface area contributed by atoms with Gasteiger partial charge in [-0.1, -0.05) is 32.6 Å². The highest BCUT2D eigenvalue weighted by Crippen LogP contribution is 2.25. The first-order valence-electron chi connectivity index (χ1n) is 6.97. The molecule has 3 N–H and O–H groups in total. The smallest absolute Gasteiger partial charge is 0.240 e. The van der Waals surface area contributed by atoms with Crippen molar-refractivity contribution < 1.29 is 13.2 Å². The monoisotopic (exact) mass is 300 g/mol. The zero-order valence-corrected chi connectivity index (χ0v) is 13.0. The third-order valence-electron chi connectivity index (χ3n) is 3.07. The maximum Gasteiger partial charge on any atom is 0.240 e. The fourth-order valence-corrected chi connectivity index (χ4v) is 2.60. The Hall–Kier alpha value is -1.27. The van der Waals surface area contributed by atoms with Gasteiger partial charge in [0, 0.05) is 0 Å². The Morgan fingerprint density at radius 3 is 2.50 bits per heavy atom. The Labute approximate surface area is 121 Å². The number of ether oxygens (including phenoxy) is 1. The number of hydrogen-bond donors (Lipinski definition) is 2. The first-order valence-corrected chi connectivity index (χ1v) is 8.45. The summed E-state index contributed by atoms with van der Waals surface area (Å²) in [6, 6.07) is 4.51. The fraction of sp³-hybridized carbons (Fsp3) is 0.571. The molecule has 0 heterocycles. The van der Waals surface area contributed by atoms with Gasteiger partial charge in [-0.25, -0.2) is 13.1 Å². The van der Waals surface area contributed by atoms with Gasteiger partial charge in [-0.05, 0) is 31.7 Å². The van der Waals surface area contributed by atoms with Gasteiger partial charge in [0.25, 0.3) is 0 Å². The number of nitrogen functional groups attached to an aromatic ring is 1. The number of benzene rings is 1. The lowest BCUT2D eigenvalue weighted by Gasteiger charge is -2.10. The highest BCUT2D eigenvalue weighted by molar-refractivity contribution is 7.89. The molecule has 0 spiro atoms. The second kappa shape index (κ2) is 8.11. The van der Waals surface area contributed by atoms with Crippen molar-refractivity contribution >= 4 is 15.7 Å². The van der Waals surface area contributed by atoms with Crippen LogP contribution in [0.3, 0.4) is 0 Å². The first kappa shape index (κ1) is 16.8. The topological polar surface area (TPSA) is 81.4 Å². The van der Waals surface area contributed by atoms with Crippen LogP contribution >= 0.6 is 0 Å². The van der Waals surface area contributed by atoms with Gasteiger partial charge in [-0.15, -0.1) is 0 Å². The minimum absolute atomic E-state index is 0.146. The van der Waals surface area contributed by atoms with Gasteiger partial charge in [0.1, 0.15) is 5.75 Å². The van der Waals surface area contributed by atoms with Crippen LogP contribution in [-0.4, -0.2) is 22.1 Å². The summed E-state index contributed by atoms with van der Waals surface area (Å²) in [5, 5.41) is 0. The molecule has 6 heteroatoms. The van der Waals surface area contributed by atoms with Gasteiger partial charge in [0.2, 0.25) is 10.0 Å². The lowest BCUT2D eigenvalue weighted by atomic mass is 10.2. The zero-order chi connectivity index (χ0) is 15.0. The van der Waals surface area contributed by atoms with Crippen molar-refractivity contribution in [3.05, 3.63) is 18.2 Å². The summed E-state index contributed by atoms with van der Waals surface area (Å²) in [6.07, 6.45) is 5.80. The molecule has 0 bridgehead atoms. The summed E-state index contributed by atoms with van der Waals surface area (Å²) >= 11 is 0. The molecule has 1 aromatic rings. The van der Waals surface area contributed by atoms with E-state index in [2.05, 4.69) is 11.6 Å². The quantitative estimate of drug-likeness (QED) is 0.542. The Morgan fingerprint density at radius 2 is 1.90 bits per heavy atom. The summed E-state index contributed by atoms with van der Waals surface area (Å²) in [6.45, 7) is 2.78. The van der Waals surface area contributed by atoms with Gasteiger partial charge in [0.05, 0.1) is 17.2 Å². The van der Waals surface area contributed by atoms with E-state index in [9.17, 15) is 8.42 Å². The molecule has 114 valence electrons. The number of unbranched alkanes of at least 4 members (excludes halogenated alkanes) is 4. The molecule has 0 aliphatic rings. The number of nitrogens with two attached hydrogens (primary N) is 1. The van der Waals surface area contributed by atoms with E-state index >= 15 is 0 Å². The zero-order valence-electron chi connectivity index (χ0n) is 12.2.